The number of aryl methyl sites for hydroxylation is 4. The van der Waals surface area contributed by atoms with Crippen molar-refractivity contribution in [3.05, 3.63) is 69.7 Å². The molecule has 8 heteroatoms. The lowest BCUT2D eigenvalue weighted by Gasteiger charge is -2.13. The Morgan fingerprint density at radius 2 is 1.62 bits per heavy atom. The number of anilines is 1. The third kappa shape index (κ3) is 5.79. The van der Waals surface area contributed by atoms with Gasteiger partial charge in [-0.15, -0.1) is 11.3 Å². The minimum Gasteiger partial charge on any atom is -0.451 e. The van der Waals surface area contributed by atoms with Gasteiger partial charge in [0.15, 0.2) is 6.61 Å². The SMILES string of the molecule is Cc1cc(C)c(NC(=O)CNC(=O)COC(=O)c2sc(-c3ccccc3)nc2C)c(C)c1. The Morgan fingerprint density at radius 3 is 2.28 bits per heavy atom. The van der Waals surface area contributed by atoms with Crippen LogP contribution in [0.4, 0.5) is 5.69 Å². The first-order valence-corrected chi connectivity index (χ1v) is 10.9. The van der Waals surface area contributed by atoms with Crippen LogP contribution in [-0.4, -0.2) is 35.9 Å². The Bertz CT molecular complexity index is 1130. The van der Waals surface area contributed by atoms with E-state index in [1.54, 1.807) is 6.92 Å². The van der Waals surface area contributed by atoms with Gasteiger partial charge in [0, 0.05) is 11.3 Å². The summed E-state index contributed by atoms with van der Waals surface area (Å²) in [4.78, 5) is 41.4. The Morgan fingerprint density at radius 1 is 0.969 bits per heavy atom. The third-order valence-electron chi connectivity index (χ3n) is 4.72. The number of hydrogen-bond acceptors (Lipinski definition) is 6. The highest BCUT2D eigenvalue weighted by molar-refractivity contribution is 7.17. The number of benzene rings is 2. The molecule has 0 saturated carbocycles. The third-order valence-corrected chi connectivity index (χ3v) is 5.91. The average Bonchev–Trinajstić information content (AvgIpc) is 3.15. The molecular weight excluding hydrogens is 426 g/mol. The molecule has 0 aliphatic heterocycles. The van der Waals surface area contributed by atoms with E-state index in [0.29, 0.717) is 15.6 Å². The standard InChI is InChI=1S/C24H25N3O4S/c1-14-10-15(2)21(16(3)11-14)27-19(28)12-25-20(29)13-31-24(30)22-17(4)26-23(32-22)18-8-6-5-7-9-18/h5-11H,12-13H2,1-4H3,(H,25,29)(H,27,28). The zero-order valence-corrected chi connectivity index (χ0v) is 19.3. The fourth-order valence-electron chi connectivity index (χ4n) is 3.28. The second-order valence-corrected chi connectivity index (χ2v) is 8.47. The second-order valence-electron chi connectivity index (χ2n) is 7.47. The summed E-state index contributed by atoms with van der Waals surface area (Å²) in [5.41, 5.74) is 5.19. The number of carbonyl (C=O) groups excluding carboxylic acids is 3. The largest absolute Gasteiger partial charge is 0.451 e. The lowest BCUT2D eigenvalue weighted by Crippen LogP contribution is -2.35. The molecule has 3 aromatic rings. The molecule has 7 nitrogen and oxygen atoms in total. The van der Waals surface area contributed by atoms with Crippen molar-refractivity contribution in [3.63, 3.8) is 0 Å². The Hall–Kier alpha value is -3.52. The smallest absolute Gasteiger partial charge is 0.350 e. The van der Waals surface area contributed by atoms with Crippen molar-refractivity contribution in [3.8, 4) is 10.6 Å². The summed E-state index contributed by atoms with van der Waals surface area (Å²) in [7, 11) is 0. The molecule has 0 spiro atoms. The molecule has 0 fully saturated rings. The zero-order valence-electron chi connectivity index (χ0n) is 18.4. The van der Waals surface area contributed by atoms with E-state index in [-0.39, 0.29) is 12.5 Å². The summed E-state index contributed by atoms with van der Waals surface area (Å²) in [6.45, 7) is 6.84. The van der Waals surface area contributed by atoms with Gasteiger partial charge in [-0.05, 0) is 38.8 Å². The molecule has 0 bridgehead atoms. The minimum atomic E-state index is -0.618. The highest BCUT2D eigenvalue weighted by atomic mass is 32.1. The highest BCUT2D eigenvalue weighted by Crippen LogP contribution is 2.28. The summed E-state index contributed by atoms with van der Waals surface area (Å²) in [6, 6.07) is 13.5. The van der Waals surface area contributed by atoms with Gasteiger partial charge in [-0.1, -0.05) is 48.0 Å². The molecule has 0 aliphatic rings. The number of nitrogens with one attached hydrogen (secondary N) is 2. The summed E-state index contributed by atoms with van der Waals surface area (Å²) in [6.07, 6.45) is 0. The van der Waals surface area contributed by atoms with Crippen molar-refractivity contribution in [1.82, 2.24) is 10.3 Å². The van der Waals surface area contributed by atoms with Crippen LogP contribution in [0.1, 0.15) is 32.1 Å². The lowest BCUT2D eigenvalue weighted by atomic mass is 10.1. The zero-order chi connectivity index (χ0) is 23.3. The first kappa shape index (κ1) is 23.1. The molecule has 0 aliphatic carbocycles. The van der Waals surface area contributed by atoms with Crippen molar-refractivity contribution in [2.24, 2.45) is 0 Å². The Kier molecular flexibility index (Phi) is 7.37. The molecule has 1 heterocycles. The first-order chi connectivity index (χ1) is 15.2. The molecule has 0 atom stereocenters. The van der Waals surface area contributed by atoms with Crippen LogP contribution in [0, 0.1) is 27.7 Å². The Labute approximate surface area is 190 Å². The van der Waals surface area contributed by atoms with Gasteiger partial charge < -0.3 is 15.4 Å². The molecule has 3 rings (SSSR count). The van der Waals surface area contributed by atoms with Crippen molar-refractivity contribution in [1.29, 1.82) is 0 Å². The number of thiazole rings is 1. The van der Waals surface area contributed by atoms with E-state index in [2.05, 4.69) is 15.6 Å². The maximum absolute atomic E-state index is 12.4. The molecule has 32 heavy (non-hydrogen) atoms. The van der Waals surface area contributed by atoms with Gasteiger partial charge >= 0.3 is 5.97 Å². The molecular formula is C24H25N3O4S. The quantitative estimate of drug-likeness (QED) is 0.530. The van der Waals surface area contributed by atoms with Gasteiger partial charge in [0.05, 0.1) is 12.2 Å². The molecule has 2 aromatic carbocycles. The minimum absolute atomic E-state index is 0.221. The average molecular weight is 452 g/mol. The van der Waals surface area contributed by atoms with Crippen LogP contribution in [0.15, 0.2) is 42.5 Å². The van der Waals surface area contributed by atoms with E-state index < -0.39 is 18.5 Å². The Balaban J connectivity index is 1.49. The van der Waals surface area contributed by atoms with Gasteiger partial charge in [0.2, 0.25) is 5.91 Å². The van der Waals surface area contributed by atoms with Gasteiger partial charge in [-0.25, -0.2) is 9.78 Å². The fourth-order valence-corrected chi connectivity index (χ4v) is 4.24. The van der Waals surface area contributed by atoms with Crippen LogP contribution >= 0.6 is 11.3 Å². The number of hydrogen-bond donors (Lipinski definition) is 2. The summed E-state index contributed by atoms with van der Waals surface area (Å²) in [5.74, 6) is -1.53. The summed E-state index contributed by atoms with van der Waals surface area (Å²) >= 11 is 1.21. The molecule has 0 radical (unpaired) electrons. The molecule has 0 unspecified atom stereocenters. The van der Waals surface area contributed by atoms with Gasteiger partial charge in [0.1, 0.15) is 9.88 Å². The number of esters is 1. The van der Waals surface area contributed by atoms with E-state index in [1.807, 2.05) is 63.2 Å². The van der Waals surface area contributed by atoms with Crippen LogP contribution in [0.5, 0.6) is 0 Å². The molecule has 2 amide bonds. The molecule has 166 valence electrons. The molecule has 1 aromatic heterocycles. The highest BCUT2D eigenvalue weighted by Gasteiger charge is 2.19. The second kappa shape index (κ2) is 10.2. The first-order valence-electron chi connectivity index (χ1n) is 10.1. The van der Waals surface area contributed by atoms with E-state index in [1.165, 1.54) is 11.3 Å². The van der Waals surface area contributed by atoms with Crippen molar-refractivity contribution in [2.75, 3.05) is 18.5 Å². The van der Waals surface area contributed by atoms with Crippen molar-refractivity contribution in [2.45, 2.75) is 27.7 Å². The topological polar surface area (TPSA) is 97.4 Å². The van der Waals surface area contributed by atoms with Gasteiger partial charge in [0.25, 0.3) is 5.91 Å². The number of aromatic nitrogens is 1. The van der Waals surface area contributed by atoms with Crippen LogP contribution in [0.3, 0.4) is 0 Å². The van der Waals surface area contributed by atoms with E-state index in [0.717, 1.165) is 27.9 Å². The van der Waals surface area contributed by atoms with E-state index in [9.17, 15) is 14.4 Å². The molecule has 2 N–H and O–H groups in total. The van der Waals surface area contributed by atoms with Gasteiger partial charge in [-0.2, -0.15) is 0 Å². The summed E-state index contributed by atoms with van der Waals surface area (Å²) < 4.78 is 5.11. The van der Waals surface area contributed by atoms with Crippen molar-refractivity contribution < 1.29 is 19.1 Å². The van der Waals surface area contributed by atoms with E-state index >= 15 is 0 Å². The normalized spacial score (nSPS) is 10.5. The maximum atomic E-state index is 12.4. The number of ether oxygens (including phenoxy) is 1. The fraction of sp³-hybridized carbons (Fsp3) is 0.250. The van der Waals surface area contributed by atoms with Crippen molar-refractivity contribution >= 4 is 34.8 Å². The van der Waals surface area contributed by atoms with Crippen LogP contribution in [0.2, 0.25) is 0 Å². The number of rotatable bonds is 7. The maximum Gasteiger partial charge on any atom is 0.350 e. The van der Waals surface area contributed by atoms with Crippen LogP contribution < -0.4 is 10.6 Å². The molecule has 0 saturated heterocycles. The number of carbonyl (C=O) groups is 3. The predicted molar refractivity (Wildman–Crippen MR) is 125 cm³/mol. The number of amides is 2. The van der Waals surface area contributed by atoms with Gasteiger partial charge in [-0.3, -0.25) is 9.59 Å². The van der Waals surface area contributed by atoms with Crippen LogP contribution in [0.25, 0.3) is 10.6 Å². The van der Waals surface area contributed by atoms with Crippen LogP contribution in [-0.2, 0) is 14.3 Å². The monoisotopic (exact) mass is 451 g/mol. The predicted octanol–water partition coefficient (Wildman–Crippen LogP) is 3.96. The van der Waals surface area contributed by atoms with E-state index in [4.69, 9.17) is 4.74 Å². The summed E-state index contributed by atoms with van der Waals surface area (Å²) in [5, 5.41) is 5.98. The lowest BCUT2D eigenvalue weighted by molar-refractivity contribution is -0.126. The number of nitrogens with zero attached hydrogens (tertiary/aromatic N) is 1.